The molecular weight excluding hydrogens is 753 g/mol. The van der Waals surface area contributed by atoms with E-state index in [0.29, 0.717) is 41.5 Å². The van der Waals surface area contributed by atoms with Crippen LogP contribution in [0.25, 0.3) is 39.2 Å². The van der Waals surface area contributed by atoms with Crippen LogP contribution in [0.4, 0.5) is 9.59 Å². The highest BCUT2D eigenvalue weighted by Gasteiger charge is 2.38. The Hall–Kier alpha value is -6.45. The molecule has 0 unspecified atom stereocenters. The molecule has 2 fully saturated rings. The van der Waals surface area contributed by atoms with E-state index in [4.69, 9.17) is 25.2 Å². The molecule has 2 aliphatic heterocycles. The van der Waals surface area contributed by atoms with Gasteiger partial charge in [0.25, 0.3) is 0 Å². The van der Waals surface area contributed by atoms with E-state index in [1.807, 2.05) is 70.2 Å². The zero-order chi connectivity index (χ0) is 42.4. The molecule has 2 aliphatic rings. The standard InChI is InChI=1S/C43H54N10O6/c1-24(2)37(50-42(56)58-6)40(54)52-18-8-10-35(52)26(5)47-32(21-44)27-12-14-28(15-13-27)33-22-45-31-20-29(16-17-30(31)48-33)34-23-46-39(49-34)36-11-9-19-53(36)41(55)38(25(3)4)51-43(57)59-7/h12-17,20-25,35-38,47H,5,8-11,18-19,44H2,1-4,6-7H3,(H,46,49)(H,50,56)(H,51,57)/b32-21-/t35-,36-,37-,38-/m0/s1. The summed E-state index contributed by atoms with van der Waals surface area (Å²) >= 11 is 0. The number of aromatic nitrogens is 4. The van der Waals surface area contributed by atoms with Gasteiger partial charge in [0.15, 0.2) is 0 Å². The van der Waals surface area contributed by atoms with Crippen LogP contribution >= 0.6 is 0 Å². The van der Waals surface area contributed by atoms with Crippen molar-refractivity contribution in [2.75, 3.05) is 27.3 Å². The summed E-state index contributed by atoms with van der Waals surface area (Å²) in [5.41, 5.74) is 12.8. The SMILES string of the molecule is C=C(N/C(=C\N)c1ccc(-c2cnc3cc(-c4cnc([C@@H]5CCCN5C(=O)[C@@H](NC(=O)OC)C(C)C)[nH]4)ccc3n2)cc1)[C@@H]1CCCN1C(=O)[C@@H](NC(=O)OC)C(C)C. The first-order valence-electron chi connectivity index (χ1n) is 19.9. The van der Waals surface area contributed by atoms with Crippen LogP contribution in [0.3, 0.4) is 0 Å². The van der Waals surface area contributed by atoms with Gasteiger partial charge in [-0.25, -0.2) is 19.6 Å². The summed E-state index contributed by atoms with van der Waals surface area (Å²) in [4.78, 5) is 72.3. The van der Waals surface area contributed by atoms with Gasteiger partial charge in [0.1, 0.15) is 17.9 Å². The smallest absolute Gasteiger partial charge is 0.407 e. The number of hydrogen-bond acceptors (Lipinski definition) is 11. The molecule has 0 aliphatic carbocycles. The largest absolute Gasteiger partial charge is 0.453 e. The van der Waals surface area contributed by atoms with Crippen LogP contribution in [0, 0.1) is 11.8 Å². The Morgan fingerprint density at radius 3 is 2.07 bits per heavy atom. The van der Waals surface area contributed by atoms with E-state index in [1.165, 1.54) is 20.4 Å². The van der Waals surface area contributed by atoms with Gasteiger partial charge in [0, 0.05) is 36.1 Å². The monoisotopic (exact) mass is 806 g/mol. The Labute approximate surface area is 344 Å². The summed E-state index contributed by atoms with van der Waals surface area (Å²) in [5.74, 6) is 0.0758. The Balaban J connectivity index is 1.12. The first kappa shape index (κ1) is 42.2. The van der Waals surface area contributed by atoms with E-state index in [1.54, 1.807) is 22.2 Å². The number of carbonyl (C=O) groups is 4. The molecule has 6 N–H and O–H groups in total. The number of nitrogens with zero attached hydrogens (tertiary/aromatic N) is 5. The molecular formula is C43H54N10O6. The second-order valence-electron chi connectivity index (χ2n) is 15.5. The van der Waals surface area contributed by atoms with Crippen LogP contribution in [0.15, 0.2) is 73.3 Å². The molecule has 0 saturated carbocycles. The summed E-state index contributed by atoms with van der Waals surface area (Å²) in [5, 5.41) is 8.70. The quantitative estimate of drug-likeness (QED) is 0.115. The fraction of sp³-hybridized carbons (Fsp3) is 0.419. The van der Waals surface area contributed by atoms with Crippen molar-refractivity contribution in [2.24, 2.45) is 17.6 Å². The van der Waals surface area contributed by atoms with Crippen LogP contribution in [0.5, 0.6) is 0 Å². The van der Waals surface area contributed by atoms with Gasteiger partial charge in [-0.1, -0.05) is 64.6 Å². The lowest BCUT2D eigenvalue weighted by Gasteiger charge is -2.32. The molecule has 16 heteroatoms. The molecule has 4 aromatic rings. The first-order chi connectivity index (χ1) is 28.3. The number of likely N-dealkylation sites (tertiary alicyclic amines) is 2. The highest BCUT2D eigenvalue weighted by atomic mass is 16.5. The zero-order valence-electron chi connectivity index (χ0n) is 34.5. The number of alkyl carbamates (subject to hydrolysis) is 2. The number of aromatic amines is 1. The van der Waals surface area contributed by atoms with E-state index in [-0.39, 0.29) is 35.7 Å². The zero-order valence-corrected chi connectivity index (χ0v) is 34.5. The van der Waals surface area contributed by atoms with Crippen molar-refractivity contribution in [3.8, 4) is 22.5 Å². The summed E-state index contributed by atoms with van der Waals surface area (Å²) < 4.78 is 9.50. The van der Waals surface area contributed by atoms with Crippen LogP contribution in [-0.2, 0) is 19.1 Å². The fourth-order valence-corrected chi connectivity index (χ4v) is 7.72. The Kier molecular flexibility index (Phi) is 13.2. The number of nitrogens with two attached hydrogens (primary N) is 1. The third-order valence-corrected chi connectivity index (χ3v) is 11.0. The highest BCUT2D eigenvalue weighted by molar-refractivity contribution is 5.88. The van der Waals surface area contributed by atoms with Gasteiger partial charge in [-0.3, -0.25) is 14.6 Å². The molecule has 0 bridgehead atoms. The highest BCUT2D eigenvalue weighted by Crippen LogP contribution is 2.33. The van der Waals surface area contributed by atoms with Gasteiger partial charge in [0.05, 0.1) is 66.8 Å². The number of nitrogens with one attached hydrogen (secondary N) is 4. The minimum atomic E-state index is -0.727. The van der Waals surface area contributed by atoms with E-state index in [9.17, 15) is 19.2 Å². The van der Waals surface area contributed by atoms with Crippen molar-refractivity contribution in [3.05, 3.63) is 84.7 Å². The minimum Gasteiger partial charge on any atom is -0.453 e. The van der Waals surface area contributed by atoms with Crippen LogP contribution < -0.4 is 21.7 Å². The fourth-order valence-electron chi connectivity index (χ4n) is 7.72. The number of carbonyl (C=O) groups excluding carboxylic acids is 4. The van der Waals surface area contributed by atoms with Gasteiger partial charge in [0.2, 0.25) is 11.8 Å². The van der Waals surface area contributed by atoms with E-state index in [2.05, 4.69) is 32.5 Å². The molecule has 2 aromatic carbocycles. The average molecular weight is 807 g/mol. The molecule has 0 radical (unpaired) electrons. The lowest BCUT2D eigenvalue weighted by atomic mass is 10.0. The van der Waals surface area contributed by atoms with Gasteiger partial charge < -0.3 is 45.9 Å². The number of amides is 4. The minimum absolute atomic E-state index is 0.124. The normalized spacial score (nSPS) is 17.9. The van der Waals surface area contributed by atoms with Crippen LogP contribution in [0.1, 0.15) is 70.8 Å². The Morgan fingerprint density at radius 1 is 0.831 bits per heavy atom. The van der Waals surface area contributed by atoms with Crippen molar-refractivity contribution >= 4 is 40.7 Å². The molecule has 2 aromatic heterocycles. The summed E-state index contributed by atoms with van der Waals surface area (Å²) in [6, 6.07) is 11.6. The van der Waals surface area contributed by atoms with Crippen LogP contribution in [-0.4, -0.2) is 99.2 Å². The molecule has 4 atom stereocenters. The number of fused-ring (bicyclic) bond motifs is 1. The topological polar surface area (TPSA) is 210 Å². The summed E-state index contributed by atoms with van der Waals surface area (Å²) in [6.45, 7) is 12.9. The molecule has 4 amide bonds. The van der Waals surface area contributed by atoms with Gasteiger partial charge >= 0.3 is 12.2 Å². The number of imidazole rings is 1. The maximum Gasteiger partial charge on any atom is 0.407 e. The van der Waals surface area contributed by atoms with Crippen molar-refractivity contribution in [2.45, 2.75) is 77.5 Å². The molecule has 6 rings (SSSR count). The van der Waals surface area contributed by atoms with Crippen molar-refractivity contribution in [1.29, 1.82) is 0 Å². The third kappa shape index (κ3) is 9.32. The number of rotatable bonds is 13. The maximum absolute atomic E-state index is 13.6. The molecule has 312 valence electrons. The Morgan fingerprint density at radius 2 is 1.44 bits per heavy atom. The molecule has 59 heavy (non-hydrogen) atoms. The molecule has 2 saturated heterocycles. The van der Waals surface area contributed by atoms with Gasteiger partial charge in [-0.2, -0.15) is 0 Å². The van der Waals surface area contributed by atoms with Crippen molar-refractivity contribution in [3.63, 3.8) is 0 Å². The first-order valence-corrected chi connectivity index (χ1v) is 19.9. The lowest BCUT2D eigenvalue weighted by Crippen LogP contribution is -2.53. The van der Waals surface area contributed by atoms with Gasteiger partial charge in [-0.15, -0.1) is 0 Å². The predicted molar refractivity (Wildman–Crippen MR) is 224 cm³/mol. The maximum atomic E-state index is 13.6. The van der Waals surface area contributed by atoms with E-state index < -0.39 is 24.3 Å². The number of hydrogen-bond donors (Lipinski definition) is 5. The predicted octanol–water partition coefficient (Wildman–Crippen LogP) is 5.46. The van der Waals surface area contributed by atoms with Crippen molar-refractivity contribution < 1.29 is 28.7 Å². The molecule has 4 heterocycles. The van der Waals surface area contributed by atoms with E-state index in [0.717, 1.165) is 53.6 Å². The average Bonchev–Trinajstić information content (AvgIpc) is 4.04. The summed E-state index contributed by atoms with van der Waals surface area (Å²) in [6.07, 6.45) is 6.79. The third-order valence-electron chi connectivity index (χ3n) is 11.0. The van der Waals surface area contributed by atoms with Crippen LogP contribution in [0.2, 0.25) is 0 Å². The van der Waals surface area contributed by atoms with Gasteiger partial charge in [-0.05, 0) is 55.2 Å². The number of benzene rings is 2. The number of H-pyrrole nitrogens is 1. The van der Waals surface area contributed by atoms with Crippen molar-refractivity contribution in [1.82, 2.24) is 45.7 Å². The van der Waals surface area contributed by atoms with E-state index >= 15 is 0 Å². The summed E-state index contributed by atoms with van der Waals surface area (Å²) in [7, 11) is 2.55. The lowest BCUT2D eigenvalue weighted by molar-refractivity contribution is -0.136. The number of methoxy groups -OCH3 is 2. The second kappa shape index (κ2) is 18.4. The Bertz CT molecular complexity index is 2220. The second-order valence-corrected chi connectivity index (χ2v) is 15.5. The number of ether oxygens (including phenoxy) is 2. The molecule has 0 spiro atoms. The molecule has 16 nitrogen and oxygen atoms in total.